The summed E-state index contributed by atoms with van der Waals surface area (Å²) >= 11 is 0. The number of carbonyl (C=O) groups is 1. The number of hydrogen-bond donors (Lipinski definition) is 1. The van der Waals surface area contributed by atoms with Gasteiger partial charge in [-0.2, -0.15) is 5.10 Å². The van der Waals surface area contributed by atoms with Gasteiger partial charge in [0, 0.05) is 16.7 Å². The molecule has 3 nitrogen and oxygen atoms in total. The molecular weight excluding hydrogens is 176 g/mol. The molecule has 1 saturated carbocycles. The third kappa shape index (κ3) is 1.27. The third-order valence-corrected chi connectivity index (χ3v) is 2.94. The lowest BCUT2D eigenvalue weighted by atomic mass is 9.84. The van der Waals surface area contributed by atoms with Gasteiger partial charge in [0.2, 0.25) is 0 Å². The van der Waals surface area contributed by atoms with Gasteiger partial charge in [-0.25, -0.2) is 0 Å². The lowest BCUT2D eigenvalue weighted by molar-refractivity contribution is -0.109. The Labute approximate surface area is 83.9 Å². The van der Waals surface area contributed by atoms with Crippen molar-refractivity contribution in [3.63, 3.8) is 0 Å². The summed E-state index contributed by atoms with van der Waals surface area (Å²) in [6.07, 6.45) is 4.83. The summed E-state index contributed by atoms with van der Waals surface area (Å²) in [6.45, 7) is 6.39. The van der Waals surface area contributed by atoms with Crippen LogP contribution >= 0.6 is 0 Å². The van der Waals surface area contributed by atoms with Crippen LogP contribution in [0.2, 0.25) is 0 Å². The average Bonchev–Trinajstić information content (AvgIpc) is 2.72. The largest absolute Gasteiger partial charge is 0.302 e. The fraction of sp³-hybridized carbons (Fsp3) is 0.636. The summed E-state index contributed by atoms with van der Waals surface area (Å²) in [6, 6.07) is 0. The van der Waals surface area contributed by atoms with E-state index in [0.717, 1.165) is 30.4 Å². The molecule has 1 aliphatic rings. The summed E-state index contributed by atoms with van der Waals surface area (Å²) in [5, 5.41) is 7.08. The van der Waals surface area contributed by atoms with Crippen LogP contribution in [0.1, 0.15) is 44.9 Å². The monoisotopic (exact) mass is 192 g/mol. The van der Waals surface area contributed by atoms with Gasteiger partial charge in [0.1, 0.15) is 6.29 Å². The van der Waals surface area contributed by atoms with Crippen molar-refractivity contribution in [3.8, 4) is 0 Å². The third-order valence-electron chi connectivity index (χ3n) is 2.94. The van der Waals surface area contributed by atoms with Crippen molar-refractivity contribution in [1.82, 2.24) is 10.2 Å². The summed E-state index contributed by atoms with van der Waals surface area (Å²) in [5.74, 6) is 0. The Bertz CT molecular complexity index is 356. The number of hydrogen-bond acceptors (Lipinski definition) is 2. The van der Waals surface area contributed by atoms with Gasteiger partial charge in [-0.05, 0) is 12.8 Å². The maximum Gasteiger partial charge on any atom is 0.130 e. The van der Waals surface area contributed by atoms with Crippen molar-refractivity contribution in [1.29, 1.82) is 0 Å². The first-order chi connectivity index (χ1) is 6.49. The Balaban J connectivity index is 2.45. The quantitative estimate of drug-likeness (QED) is 0.728. The van der Waals surface area contributed by atoms with Crippen molar-refractivity contribution in [3.05, 3.63) is 17.5 Å². The lowest BCUT2D eigenvalue weighted by Gasteiger charge is -2.20. The molecule has 0 spiro atoms. The first-order valence-corrected chi connectivity index (χ1v) is 5.00. The van der Waals surface area contributed by atoms with Crippen molar-refractivity contribution < 1.29 is 4.79 Å². The van der Waals surface area contributed by atoms with Crippen LogP contribution in [0.15, 0.2) is 6.20 Å². The predicted molar refractivity (Wildman–Crippen MR) is 54.3 cm³/mol. The van der Waals surface area contributed by atoms with Gasteiger partial charge in [-0.3, -0.25) is 5.10 Å². The Hall–Kier alpha value is -1.12. The van der Waals surface area contributed by atoms with Crippen LogP contribution < -0.4 is 0 Å². The molecule has 0 unspecified atom stereocenters. The summed E-state index contributed by atoms with van der Waals surface area (Å²) in [5.41, 5.74) is 2.02. The molecule has 1 aromatic rings. The van der Waals surface area contributed by atoms with Crippen molar-refractivity contribution >= 4 is 6.29 Å². The minimum absolute atomic E-state index is 0.0322. The zero-order chi connectivity index (χ0) is 10.4. The van der Waals surface area contributed by atoms with E-state index in [-0.39, 0.29) is 10.8 Å². The summed E-state index contributed by atoms with van der Waals surface area (Å²) in [4.78, 5) is 11.0. The fourth-order valence-electron chi connectivity index (χ4n) is 1.82. The maximum absolute atomic E-state index is 11.0. The van der Waals surface area contributed by atoms with E-state index in [1.165, 1.54) is 0 Å². The number of aromatic nitrogens is 2. The van der Waals surface area contributed by atoms with Gasteiger partial charge in [-0.15, -0.1) is 0 Å². The smallest absolute Gasteiger partial charge is 0.130 e. The van der Waals surface area contributed by atoms with E-state index in [2.05, 4.69) is 31.0 Å². The van der Waals surface area contributed by atoms with Crippen LogP contribution in [-0.4, -0.2) is 16.5 Å². The van der Waals surface area contributed by atoms with Crippen LogP contribution in [0, 0.1) is 0 Å². The molecule has 1 N–H and O–H groups in total. The van der Waals surface area contributed by atoms with Gasteiger partial charge in [-0.1, -0.05) is 20.8 Å². The molecule has 0 bridgehead atoms. The predicted octanol–water partition coefficient (Wildman–Crippen LogP) is 1.94. The van der Waals surface area contributed by atoms with E-state index in [1.54, 1.807) is 0 Å². The standard InChI is InChI=1S/C11H16N2O/c1-10(2,3)9-8(6-12-13-9)11(7-14)4-5-11/h6-7H,4-5H2,1-3H3,(H,12,13). The summed E-state index contributed by atoms with van der Waals surface area (Å²) < 4.78 is 0. The van der Waals surface area contributed by atoms with E-state index in [1.807, 2.05) is 6.20 Å². The van der Waals surface area contributed by atoms with Crippen LogP contribution in [0.25, 0.3) is 0 Å². The highest BCUT2D eigenvalue weighted by molar-refractivity contribution is 5.73. The van der Waals surface area contributed by atoms with E-state index in [4.69, 9.17) is 0 Å². The van der Waals surface area contributed by atoms with Crippen molar-refractivity contribution in [2.24, 2.45) is 0 Å². The molecule has 1 heterocycles. The second-order valence-electron chi connectivity index (χ2n) is 5.18. The number of nitrogens with one attached hydrogen (secondary N) is 1. The maximum atomic E-state index is 11.0. The second kappa shape index (κ2) is 2.69. The van der Waals surface area contributed by atoms with Crippen LogP contribution in [0.4, 0.5) is 0 Å². The van der Waals surface area contributed by atoms with E-state index >= 15 is 0 Å². The molecule has 1 fully saturated rings. The average molecular weight is 192 g/mol. The Morgan fingerprint density at radius 3 is 2.57 bits per heavy atom. The molecule has 3 heteroatoms. The van der Waals surface area contributed by atoms with Crippen LogP contribution in [0.3, 0.4) is 0 Å². The van der Waals surface area contributed by atoms with Crippen LogP contribution in [0.5, 0.6) is 0 Å². The molecule has 0 aromatic carbocycles. The number of rotatable bonds is 2. The molecule has 14 heavy (non-hydrogen) atoms. The molecule has 0 atom stereocenters. The zero-order valence-corrected chi connectivity index (χ0v) is 8.92. The van der Waals surface area contributed by atoms with E-state index < -0.39 is 0 Å². The number of nitrogens with zero attached hydrogens (tertiary/aromatic N) is 1. The van der Waals surface area contributed by atoms with Gasteiger partial charge in [0.25, 0.3) is 0 Å². The van der Waals surface area contributed by atoms with Gasteiger partial charge < -0.3 is 4.79 Å². The molecule has 0 amide bonds. The van der Waals surface area contributed by atoms with Crippen LogP contribution in [-0.2, 0) is 15.6 Å². The molecule has 1 aromatic heterocycles. The SMILES string of the molecule is CC(C)(C)c1[nH]ncc1C1(C=O)CC1. The molecule has 1 aliphatic carbocycles. The van der Waals surface area contributed by atoms with Gasteiger partial charge >= 0.3 is 0 Å². The molecule has 76 valence electrons. The van der Waals surface area contributed by atoms with Gasteiger partial charge in [0.15, 0.2) is 0 Å². The highest BCUT2D eigenvalue weighted by Gasteiger charge is 2.47. The zero-order valence-electron chi connectivity index (χ0n) is 8.92. The first kappa shape index (κ1) is 9.44. The topological polar surface area (TPSA) is 45.8 Å². The number of H-pyrrole nitrogens is 1. The van der Waals surface area contributed by atoms with Crippen molar-refractivity contribution in [2.45, 2.75) is 44.4 Å². The Morgan fingerprint density at radius 2 is 2.14 bits per heavy atom. The first-order valence-electron chi connectivity index (χ1n) is 5.00. The Morgan fingerprint density at radius 1 is 1.50 bits per heavy atom. The van der Waals surface area contributed by atoms with E-state index in [0.29, 0.717) is 0 Å². The molecule has 0 radical (unpaired) electrons. The Kier molecular flexibility index (Phi) is 1.81. The van der Waals surface area contributed by atoms with E-state index in [9.17, 15) is 4.79 Å². The second-order valence-corrected chi connectivity index (χ2v) is 5.18. The highest BCUT2D eigenvalue weighted by atomic mass is 16.1. The molecule has 0 saturated heterocycles. The van der Waals surface area contributed by atoms with Crippen molar-refractivity contribution in [2.75, 3.05) is 0 Å². The lowest BCUT2D eigenvalue weighted by Crippen LogP contribution is -2.19. The summed E-state index contributed by atoms with van der Waals surface area (Å²) in [7, 11) is 0. The number of carbonyl (C=O) groups excluding carboxylic acids is 1. The number of aromatic amines is 1. The molecule has 2 rings (SSSR count). The minimum atomic E-state index is -0.213. The fourth-order valence-corrected chi connectivity index (χ4v) is 1.82. The molecular formula is C11H16N2O. The normalized spacial score (nSPS) is 19.4. The molecule has 0 aliphatic heterocycles. The van der Waals surface area contributed by atoms with Gasteiger partial charge in [0.05, 0.1) is 11.6 Å². The number of aldehydes is 1. The highest BCUT2D eigenvalue weighted by Crippen LogP contribution is 2.48. The minimum Gasteiger partial charge on any atom is -0.302 e.